The van der Waals surface area contributed by atoms with E-state index in [4.69, 9.17) is 14.2 Å². The number of amides is 3. The van der Waals surface area contributed by atoms with Gasteiger partial charge in [0.2, 0.25) is 17.7 Å². The summed E-state index contributed by atoms with van der Waals surface area (Å²) in [7, 11) is 0. The van der Waals surface area contributed by atoms with E-state index in [1.807, 2.05) is 11.1 Å². The van der Waals surface area contributed by atoms with Gasteiger partial charge in [-0.1, -0.05) is 37.3 Å². The zero-order valence-electron chi connectivity index (χ0n) is 30.9. The van der Waals surface area contributed by atoms with E-state index in [-0.39, 0.29) is 41.8 Å². The Morgan fingerprint density at radius 2 is 1.38 bits per heavy atom. The fourth-order valence-corrected chi connectivity index (χ4v) is 10.6. The van der Waals surface area contributed by atoms with Crippen LogP contribution in [-0.2, 0) is 28.6 Å². The molecule has 6 aliphatic rings. The quantitative estimate of drug-likeness (QED) is 0.112. The number of fused-ring (bicyclic) bond motifs is 1. The number of carbonyl (C=O) groups is 3. The van der Waals surface area contributed by atoms with Crippen molar-refractivity contribution in [2.75, 3.05) is 33.0 Å². The van der Waals surface area contributed by atoms with E-state index >= 15 is 0 Å². The minimum Gasteiger partial charge on any atom is -0.393 e. The van der Waals surface area contributed by atoms with Crippen LogP contribution in [0.3, 0.4) is 0 Å². The van der Waals surface area contributed by atoms with Crippen molar-refractivity contribution in [1.29, 1.82) is 0 Å². The molecule has 6 rings (SSSR count). The average molecular weight is 699 g/mol. The topological polar surface area (TPSA) is 114 Å². The maximum atomic E-state index is 13.0. The van der Waals surface area contributed by atoms with E-state index in [0.717, 1.165) is 70.3 Å². The Labute approximate surface area is 301 Å². The zero-order chi connectivity index (χ0) is 34.9. The standard InChI is InChI=1S/C41H66N2O7/c1-2-35(28-8-4-3-5-9-28)39(29-10-14-32(44)15-11-29)30-12-16-33(17-13-30)49-24-6-22-48-23-7-25-50-34-18-19-36-31(26-34)27-43(41(36)47)37-20-21-38(45)42-40(37)46/h28-34,36-37,44H,2-27H2,1H3,(H,42,45,46)/b39-35-. The molecular formula is C41H66N2O7. The normalized spacial score (nSPS) is 34.8. The Kier molecular flexibility index (Phi) is 14.3. The van der Waals surface area contributed by atoms with Crippen LogP contribution in [-0.4, -0.2) is 85.1 Å². The lowest BCUT2D eigenvalue weighted by Crippen LogP contribution is -2.53. The first kappa shape index (κ1) is 37.9. The number of hydrogen-bond donors (Lipinski definition) is 2. The van der Waals surface area contributed by atoms with Gasteiger partial charge in [0.15, 0.2) is 0 Å². The van der Waals surface area contributed by atoms with Gasteiger partial charge >= 0.3 is 0 Å². The van der Waals surface area contributed by atoms with Gasteiger partial charge in [0.25, 0.3) is 0 Å². The minimum atomic E-state index is -0.508. The molecule has 9 nitrogen and oxygen atoms in total. The molecule has 0 spiro atoms. The molecule has 2 saturated heterocycles. The van der Waals surface area contributed by atoms with Crippen LogP contribution in [0.5, 0.6) is 0 Å². The predicted molar refractivity (Wildman–Crippen MR) is 192 cm³/mol. The summed E-state index contributed by atoms with van der Waals surface area (Å²) in [4.78, 5) is 38.6. The smallest absolute Gasteiger partial charge is 0.249 e. The number of aliphatic hydroxyl groups excluding tert-OH is 1. The molecule has 2 aliphatic heterocycles. The van der Waals surface area contributed by atoms with Crippen LogP contribution in [0, 0.1) is 29.6 Å². The van der Waals surface area contributed by atoms with Gasteiger partial charge < -0.3 is 24.2 Å². The molecule has 50 heavy (non-hydrogen) atoms. The Morgan fingerprint density at radius 3 is 2.04 bits per heavy atom. The summed E-state index contributed by atoms with van der Waals surface area (Å²) in [5.74, 6) is 1.90. The fourth-order valence-electron chi connectivity index (χ4n) is 10.6. The van der Waals surface area contributed by atoms with Crippen molar-refractivity contribution in [2.45, 2.75) is 166 Å². The van der Waals surface area contributed by atoms with Crippen LogP contribution in [0.2, 0.25) is 0 Å². The van der Waals surface area contributed by atoms with Gasteiger partial charge in [-0.25, -0.2) is 0 Å². The molecule has 9 heteroatoms. The molecule has 0 aromatic carbocycles. The number of hydrogen-bond acceptors (Lipinski definition) is 7. The lowest BCUT2D eigenvalue weighted by molar-refractivity contribution is -0.145. The summed E-state index contributed by atoms with van der Waals surface area (Å²) < 4.78 is 18.5. The molecule has 0 radical (unpaired) electrons. The second kappa shape index (κ2) is 18.8. The van der Waals surface area contributed by atoms with Gasteiger partial charge in [0.1, 0.15) is 6.04 Å². The molecule has 4 unspecified atom stereocenters. The van der Waals surface area contributed by atoms with Crippen LogP contribution in [0.1, 0.15) is 142 Å². The fraction of sp³-hybridized carbons (Fsp3) is 0.878. The molecule has 3 amide bonds. The third-order valence-corrected chi connectivity index (χ3v) is 13.2. The number of ether oxygens (including phenoxy) is 3. The summed E-state index contributed by atoms with van der Waals surface area (Å²) in [5.41, 5.74) is 3.65. The number of piperidine rings is 1. The molecule has 4 saturated carbocycles. The lowest BCUT2D eigenvalue weighted by Gasteiger charge is -2.39. The van der Waals surface area contributed by atoms with Crippen molar-refractivity contribution in [2.24, 2.45) is 29.6 Å². The molecule has 6 fully saturated rings. The highest BCUT2D eigenvalue weighted by Gasteiger charge is 2.48. The summed E-state index contributed by atoms with van der Waals surface area (Å²) in [6.45, 7) is 5.80. The van der Waals surface area contributed by atoms with Gasteiger partial charge in [0.05, 0.1) is 18.3 Å². The van der Waals surface area contributed by atoms with Crippen molar-refractivity contribution in [3.63, 3.8) is 0 Å². The Balaban J connectivity index is 0.832. The van der Waals surface area contributed by atoms with E-state index in [2.05, 4.69) is 12.2 Å². The maximum Gasteiger partial charge on any atom is 0.249 e. The molecule has 0 bridgehead atoms. The molecule has 2 heterocycles. The summed E-state index contributed by atoms with van der Waals surface area (Å²) >= 11 is 0. The largest absolute Gasteiger partial charge is 0.393 e. The number of likely N-dealkylation sites (tertiary alicyclic amines) is 1. The number of rotatable bonds is 15. The van der Waals surface area contributed by atoms with E-state index in [9.17, 15) is 19.5 Å². The van der Waals surface area contributed by atoms with Gasteiger partial charge in [-0.2, -0.15) is 0 Å². The predicted octanol–water partition coefficient (Wildman–Crippen LogP) is 6.65. The maximum absolute atomic E-state index is 13.0. The van der Waals surface area contributed by atoms with Crippen molar-refractivity contribution in [1.82, 2.24) is 10.2 Å². The molecule has 282 valence electrons. The second-order valence-electron chi connectivity index (χ2n) is 16.5. The molecule has 0 aromatic rings. The second-order valence-corrected chi connectivity index (χ2v) is 16.5. The van der Waals surface area contributed by atoms with Crippen LogP contribution < -0.4 is 5.32 Å². The Morgan fingerprint density at radius 1 is 0.740 bits per heavy atom. The van der Waals surface area contributed by atoms with E-state index in [1.165, 1.54) is 64.2 Å². The van der Waals surface area contributed by atoms with Gasteiger partial charge in [-0.15, -0.1) is 0 Å². The van der Waals surface area contributed by atoms with Gasteiger partial charge in [-0.3, -0.25) is 19.7 Å². The average Bonchev–Trinajstić information content (AvgIpc) is 3.45. The number of imide groups is 1. The first-order valence-electron chi connectivity index (χ1n) is 20.8. The van der Waals surface area contributed by atoms with E-state index in [0.29, 0.717) is 57.1 Å². The molecular weight excluding hydrogens is 632 g/mol. The third kappa shape index (κ3) is 9.78. The van der Waals surface area contributed by atoms with Crippen molar-refractivity contribution < 1.29 is 33.7 Å². The van der Waals surface area contributed by atoms with Gasteiger partial charge in [0, 0.05) is 45.3 Å². The molecule has 0 aromatic heterocycles. The van der Waals surface area contributed by atoms with E-state index in [1.54, 1.807) is 4.90 Å². The number of nitrogens with one attached hydrogen (secondary N) is 1. The third-order valence-electron chi connectivity index (χ3n) is 13.2. The number of carbonyl (C=O) groups excluding carboxylic acids is 3. The van der Waals surface area contributed by atoms with E-state index < -0.39 is 6.04 Å². The van der Waals surface area contributed by atoms with Crippen molar-refractivity contribution in [3.05, 3.63) is 11.1 Å². The Bertz CT molecular complexity index is 1150. The molecule has 4 atom stereocenters. The van der Waals surface area contributed by atoms with Crippen LogP contribution in [0.4, 0.5) is 0 Å². The first-order valence-corrected chi connectivity index (χ1v) is 20.8. The molecule has 2 N–H and O–H groups in total. The first-order chi connectivity index (χ1) is 24.4. The minimum absolute atomic E-state index is 0.0206. The van der Waals surface area contributed by atoms with Crippen LogP contribution >= 0.6 is 0 Å². The molecule has 4 aliphatic carbocycles. The Hall–Kier alpha value is -1.81. The number of aliphatic hydroxyl groups is 1. The van der Waals surface area contributed by atoms with Crippen molar-refractivity contribution in [3.8, 4) is 0 Å². The van der Waals surface area contributed by atoms with Gasteiger partial charge in [-0.05, 0) is 133 Å². The highest BCUT2D eigenvalue weighted by molar-refractivity contribution is 6.02. The SMILES string of the molecule is CC/C(=C(\C1CCC(O)CC1)C1CCC(OCCCOCCCOC2CCC3C(=O)N(C4CCC(=O)NC4=O)CC3C2)CC1)C1CCCCC1. The van der Waals surface area contributed by atoms with Crippen LogP contribution in [0.25, 0.3) is 0 Å². The number of nitrogens with zero attached hydrogens (tertiary/aromatic N) is 1. The van der Waals surface area contributed by atoms with Crippen LogP contribution in [0.15, 0.2) is 11.1 Å². The van der Waals surface area contributed by atoms with Crippen molar-refractivity contribution >= 4 is 17.7 Å². The monoisotopic (exact) mass is 698 g/mol. The summed E-state index contributed by atoms with van der Waals surface area (Å²) in [6.07, 6.45) is 22.7. The summed E-state index contributed by atoms with van der Waals surface area (Å²) in [6, 6.07) is -0.508. The number of allylic oxidation sites excluding steroid dienone is 2. The zero-order valence-corrected chi connectivity index (χ0v) is 30.9. The lowest BCUT2D eigenvalue weighted by atomic mass is 9.68. The highest BCUT2D eigenvalue weighted by Crippen LogP contribution is 2.46. The summed E-state index contributed by atoms with van der Waals surface area (Å²) in [5, 5.41) is 12.6. The highest BCUT2D eigenvalue weighted by atomic mass is 16.5.